The number of H-pyrrole nitrogens is 1. The van der Waals surface area contributed by atoms with Crippen LogP contribution in [0.2, 0.25) is 0 Å². The van der Waals surface area contributed by atoms with Crippen molar-refractivity contribution in [2.45, 2.75) is 68.0 Å². The monoisotopic (exact) mass is 780 g/mol. The molecule has 11 atom stereocenters. The Kier molecular flexibility index (Phi) is 16.5. The summed E-state index contributed by atoms with van der Waals surface area (Å²) >= 11 is 0. The Morgan fingerprint density at radius 3 is 2.25 bits per heavy atom. The summed E-state index contributed by atoms with van der Waals surface area (Å²) in [7, 11) is -8.64. The van der Waals surface area contributed by atoms with Crippen LogP contribution < -0.4 is 21.9 Å². The number of hydrogen-bond acceptors (Lipinski definition) is 20. The van der Waals surface area contributed by atoms with Gasteiger partial charge >= 0.3 is 21.3 Å². The van der Waals surface area contributed by atoms with Gasteiger partial charge < -0.3 is 55.5 Å². The summed E-state index contributed by atoms with van der Waals surface area (Å²) in [6, 6.07) is -0.822. The minimum absolute atomic E-state index is 0.00344. The molecule has 0 spiro atoms. The third-order valence-corrected chi connectivity index (χ3v) is 10.7. The zero-order valence-corrected chi connectivity index (χ0v) is 29.0. The minimum Gasteiger partial charge on any atom is -0.396 e. The molecule has 2 aliphatic heterocycles. The number of aromatic amines is 1. The van der Waals surface area contributed by atoms with Crippen molar-refractivity contribution in [1.82, 2.24) is 20.2 Å². The lowest BCUT2D eigenvalue weighted by molar-refractivity contribution is -0.248. The standard InChI is InChI=1S/C25H42N4O20P2/c1-42-50(40,45-12-14-20(36)22(38)23(46-14)29-6-4-16(33)28-25(29)39)49-51(41,43-2)48-24-18(21(37)19(35)13(11-31)47-24)27-17(34)10-26-15(32)5-9-44-8-3-7-30/h4,6,13-14,18-24,30-31,35-38H,3,5,7-12H2,1-2H3,(H,26,32)(H,27,34)(H,28,33,39)/t13?,14?,18?,19-,20?,21+,22?,23?,24-,50?,51?/m0/s1. The van der Waals surface area contributed by atoms with E-state index in [-0.39, 0.29) is 26.2 Å². The fourth-order valence-electron chi connectivity index (χ4n) is 4.61. The number of carbonyl (C=O) groups excluding carboxylic acids is 2. The molecule has 1 aromatic rings. The van der Waals surface area contributed by atoms with Crippen LogP contribution in [0.1, 0.15) is 19.1 Å². The van der Waals surface area contributed by atoms with Crippen LogP contribution in [0.4, 0.5) is 0 Å². The lowest BCUT2D eigenvalue weighted by atomic mass is 9.97. The van der Waals surface area contributed by atoms with Gasteiger partial charge in [0.25, 0.3) is 5.56 Å². The number of phosphoric ester groups is 2. The molecule has 51 heavy (non-hydrogen) atoms. The number of nitrogens with one attached hydrogen (secondary N) is 3. The largest absolute Gasteiger partial charge is 0.485 e. The van der Waals surface area contributed by atoms with E-state index in [0.717, 1.165) is 31.0 Å². The van der Waals surface area contributed by atoms with Crippen molar-refractivity contribution in [3.8, 4) is 0 Å². The number of aliphatic hydroxyl groups is 6. The predicted octanol–water partition coefficient (Wildman–Crippen LogP) is -4.46. The number of amides is 2. The van der Waals surface area contributed by atoms with Gasteiger partial charge in [-0.1, -0.05) is 0 Å². The van der Waals surface area contributed by atoms with E-state index in [0.29, 0.717) is 6.42 Å². The van der Waals surface area contributed by atoms with Gasteiger partial charge in [-0.15, -0.1) is 0 Å². The fourth-order valence-corrected chi connectivity index (χ4v) is 7.42. The number of phosphoric acid groups is 2. The topological polar surface area (TPSA) is 342 Å². The molecule has 2 amide bonds. The summed E-state index contributed by atoms with van der Waals surface area (Å²) < 4.78 is 68.5. The van der Waals surface area contributed by atoms with E-state index in [1.165, 1.54) is 0 Å². The summed E-state index contributed by atoms with van der Waals surface area (Å²) in [4.78, 5) is 50.2. The van der Waals surface area contributed by atoms with Crippen LogP contribution >= 0.6 is 15.6 Å². The van der Waals surface area contributed by atoms with E-state index >= 15 is 0 Å². The molecular formula is C25H42N4O20P2. The van der Waals surface area contributed by atoms with Crippen molar-refractivity contribution in [2.24, 2.45) is 0 Å². The Balaban J connectivity index is 1.67. The molecule has 0 aromatic carbocycles. The van der Waals surface area contributed by atoms with E-state index in [4.69, 9.17) is 41.7 Å². The van der Waals surface area contributed by atoms with E-state index in [9.17, 15) is 53.8 Å². The maximum Gasteiger partial charge on any atom is 0.485 e. The van der Waals surface area contributed by atoms with Crippen molar-refractivity contribution in [2.75, 3.05) is 53.8 Å². The number of ether oxygens (including phenoxy) is 3. The highest BCUT2D eigenvalue weighted by Crippen LogP contribution is 2.66. The third-order valence-electron chi connectivity index (χ3n) is 7.31. The second-order valence-corrected chi connectivity index (χ2v) is 14.5. The smallest absolute Gasteiger partial charge is 0.396 e. The van der Waals surface area contributed by atoms with Gasteiger partial charge in [0.05, 0.1) is 26.4 Å². The molecule has 24 nitrogen and oxygen atoms in total. The zero-order chi connectivity index (χ0) is 37.9. The molecule has 1 aromatic heterocycles. The van der Waals surface area contributed by atoms with Crippen LogP contribution in [-0.4, -0.2) is 155 Å². The Morgan fingerprint density at radius 1 is 0.941 bits per heavy atom. The van der Waals surface area contributed by atoms with E-state index < -0.39 is 114 Å². The van der Waals surface area contributed by atoms with Gasteiger partial charge in [0.1, 0.15) is 42.7 Å². The first-order valence-corrected chi connectivity index (χ1v) is 18.1. The summed E-state index contributed by atoms with van der Waals surface area (Å²) in [5.41, 5.74) is -1.72. The highest BCUT2D eigenvalue weighted by molar-refractivity contribution is 7.62. The van der Waals surface area contributed by atoms with Crippen LogP contribution in [0.25, 0.3) is 0 Å². The van der Waals surface area contributed by atoms with Gasteiger partial charge in [-0.05, 0) is 6.42 Å². The van der Waals surface area contributed by atoms with Crippen molar-refractivity contribution in [1.29, 1.82) is 0 Å². The van der Waals surface area contributed by atoms with Gasteiger partial charge in [-0.25, -0.2) is 13.9 Å². The SMILES string of the molecule is COP(=O)(OCC1OC(n2ccc(=O)[nH]c2=O)C(O)C1O)OP(=O)(OC)O[C@@H]1OC(CO)[C@H](O)[C@H](O)C1NC(=O)CNC(=O)CCOCCCO. The van der Waals surface area contributed by atoms with Gasteiger partial charge in [0.2, 0.25) is 11.8 Å². The first-order valence-electron chi connectivity index (χ1n) is 15.2. The molecule has 26 heteroatoms. The first-order chi connectivity index (χ1) is 24.1. The molecule has 2 saturated heterocycles. The molecular weight excluding hydrogens is 738 g/mol. The third kappa shape index (κ3) is 11.8. The number of carbonyl (C=O) groups is 2. The van der Waals surface area contributed by atoms with Crippen molar-refractivity contribution in [3.63, 3.8) is 0 Å². The second-order valence-electron chi connectivity index (χ2n) is 10.8. The zero-order valence-electron chi connectivity index (χ0n) is 27.2. The van der Waals surface area contributed by atoms with Crippen LogP contribution in [-0.2, 0) is 55.3 Å². The van der Waals surface area contributed by atoms with E-state index in [2.05, 4.69) is 10.6 Å². The number of nitrogens with zero attached hydrogens (tertiary/aromatic N) is 1. The average Bonchev–Trinajstić information content (AvgIpc) is 3.38. The molecule has 0 bridgehead atoms. The number of aliphatic hydroxyl groups excluding tert-OH is 6. The summed E-state index contributed by atoms with van der Waals surface area (Å²) in [5, 5.41) is 64.9. The second kappa shape index (κ2) is 19.6. The Hall–Kier alpha value is -2.48. The Labute approximate surface area is 288 Å². The van der Waals surface area contributed by atoms with Crippen LogP contribution in [0.3, 0.4) is 0 Å². The quantitative estimate of drug-likeness (QED) is 0.0445. The molecule has 9 N–H and O–H groups in total. The van der Waals surface area contributed by atoms with E-state index in [1.807, 2.05) is 4.98 Å². The Morgan fingerprint density at radius 2 is 1.63 bits per heavy atom. The highest BCUT2D eigenvalue weighted by atomic mass is 31.3. The van der Waals surface area contributed by atoms with Crippen LogP contribution in [0.15, 0.2) is 21.9 Å². The molecule has 0 aliphatic carbocycles. The molecule has 3 rings (SSSR count). The molecule has 0 radical (unpaired) electrons. The van der Waals surface area contributed by atoms with Crippen molar-refractivity contribution < 1.29 is 86.0 Å². The summed E-state index contributed by atoms with van der Waals surface area (Å²) in [5.74, 6) is -1.56. The van der Waals surface area contributed by atoms with Gasteiger partial charge in [0, 0.05) is 46.1 Å². The lowest BCUT2D eigenvalue weighted by Gasteiger charge is -2.42. The number of aromatic nitrogens is 2. The first kappa shape index (κ1) is 42.9. The molecule has 2 aliphatic rings. The molecule has 292 valence electrons. The van der Waals surface area contributed by atoms with E-state index in [1.54, 1.807) is 0 Å². The highest BCUT2D eigenvalue weighted by Gasteiger charge is 2.51. The minimum atomic E-state index is -5.18. The molecule has 3 heterocycles. The average molecular weight is 781 g/mol. The summed E-state index contributed by atoms with van der Waals surface area (Å²) in [6.45, 7) is -2.32. The molecule has 2 fully saturated rings. The number of hydrogen-bond donors (Lipinski definition) is 9. The maximum atomic E-state index is 13.6. The van der Waals surface area contributed by atoms with Crippen molar-refractivity contribution >= 4 is 27.5 Å². The van der Waals surface area contributed by atoms with Gasteiger partial charge in [-0.2, -0.15) is 4.31 Å². The van der Waals surface area contributed by atoms with Crippen LogP contribution in [0.5, 0.6) is 0 Å². The summed E-state index contributed by atoms with van der Waals surface area (Å²) in [6.07, 6.45) is -12.7. The lowest BCUT2D eigenvalue weighted by Crippen LogP contribution is -2.65. The van der Waals surface area contributed by atoms with Gasteiger partial charge in [0.15, 0.2) is 12.5 Å². The normalized spacial score (nSPS) is 30.3. The van der Waals surface area contributed by atoms with Crippen molar-refractivity contribution in [3.05, 3.63) is 33.1 Å². The van der Waals surface area contributed by atoms with Gasteiger partial charge in [-0.3, -0.25) is 42.0 Å². The molecule has 0 saturated carbocycles. The molecule has 8 unspecified atom stereocenters. The number of rotatable bonds is 20. The maximum absolute atomic E-state index is 13.6. The Bertz CT molecular complexity index is 1510. The predicted molar refractivity (Wildman–Crippen MR) is 164 cm³/mol. The fraction of sp³-hybridized carbons (Fsp3) is 0.760. The van der Waals surface area contributed by atoms with Crippen LogP contribution in [0, 0.1) is 0 Å².